The molecule has 1 aliphatic heterocycles. The number of aliphatic hydroxyl groups is 1. The standard InChI is InChI=1S/C16H24O3/c1-18-15-8-5-13(6-9-15)12-14(17)7-10-16-4-2-3-11-19-16/h5-6,8-9,14,16-17H,2-4,7,10-12H2,1H3. The highest BCUT2D eigenvalue weighted by molar-refractivity contribution is 5.27. The molecule has 0 amide bonds. The molecule has 3 nitrogen and oxygen atoms in total. The molecular formula is C16H24O3. The third kappa shape index (κ3) is 4.84. The summed E-state index contributed by atoms with van der Waals surface area (Å²) < 4.78 is 10.8. The maximum atomic E-state index is 10.1. The van der Waals surface area contributed by atoms with Crippen LogP contribution in [-0.4, -0.2) is 31.0 Å². The summed E-state index contributed by atoms with van der Waals surface area (Å²) in [6.45, 7) is 0.888. The van der Waals surface area contributed by atoms with Gasteiger partial charge in [0.25, 0.3) is 0 Å². The Kier molecular flexibility index (Phi) is 5.67. The summed E-state index contributed by atoms with van der Waals surface area (Å²) in [6.07, 6.45) is 6.17. The van der Waals surface area contributed by atoms with Gasteiger partial charge < -0.3 is 14.6 Å². The smallest absolute Gasteiger partial charge is 0.118 e. The zero-order chi connectivity index (χ0) is 13.5. The third-order valence-electron chi connectivity index (χ3n) is 3.73. The predicted molar refractivity (Wildman–Crippen MR) is 75.5 cm³/mol. The molecule has 2 unspecified atom stereocenters. The lowest BCUT2D eigenvalue weighted by Gasteiger charge is -2.23. The highest BCUT2D eigenvalue weighted by atomic mass is 16.5. The van der Waals surface area contributed by atoms with Gasteiger partial charge in [0.05, 0.1) is 19.3 Å². The van der Waals surface area contributed by atoms with E-state index >= 15 is 0 Å². The largest absolute Gasteiger partial charge is 0.497 e. The Labute approximate surface area is 115 Å². The van der Waals surface area contributed by atoms with Crippen LogP contribution in [0.15, 0.2) is 24.3 Å². The van der Waals surface area contributed by atoms with E-state index in [1.807, 2.05) is 24.3 Å². The molecule has 3 heteroatoms. The molecule has 2 rings (SSSR count). The lowest BCUT2D eigenvalue weighted by atomic mass is 9.99. The Hall–Kier alpha value is -1.06. The van der Waals surface area contributed by atoms with Crippen LogP contribution >= 0.6 is 0 Å². The fraction of sp³-hybridized carbons (Fsp3) is 0.625. The van der Waals surface area contributed by atoms with E-state index in [2.05, 4.69) is 0 Å². The molecule has 0 saturated carbocycles. The minimum Gasteiger partial charge on any atom is -0.497 e. The Morgan fingerprint density at radius 1 is 1.32 bits per heavy atom. The molecule has 0 radical (unpaired) electrons. The average molecular weight is 264 g/mol. The van der Waals surface area contributed by atoms with Crippen LogP contribution in [0.4, 0.5) is 0 Å². The second-order valence-corrected chi connectivity index (χ2v) is 5.27. The molecule has 1 saturated heterocycles. The van der Waals surface area contributed by atoms with Gasteiger partial charge in [-0.15, -0.1) is 0 Å². The first-order valence-corrected chi connectivity index (χ1v) is 7.20. The van der Waals surface area contributed by atoms with Crippen LogP contribution in [0.2, 0.25) is 0 Å². The van der Waals surface area contributed by atoms with Crippen LogP contribution in [-0.2, 0) is 11.2 Å². The van der Waals surface area contributed by atoms with Crippen molar-refractivity contribution in [3.63, 3.8) is 0 Å². The van der Waals surface area contributed by atoms with E-state index in [9.17, 15) is 5.11 Å². The fourth-order valence-corrected chi connectivity index (χ4v) is 2.55. The normalized spacial score (nSPS) is 21.1. The summed E-state index contributed by atoms with van der Waals surface area (Å²) in [6, 6.07) is 7.90. The number of benzene rings is 1. The van der Waals surface area contributed by atoms with Crippen LogP contribution in [0.25, 0.3) is 0 Å². The Bertz CT molecular complexity index is 355. The van der Waals surface area contributed by atoms with Gasteiger partial charge in [0.2, 0.25) is 0 Å². The van der Waals surface area contributed by atoms with Crippen LogP contribution in [0.1, 0.15) is 37.7 Å². The minimum atomic E-state index is -0.279. The molecule has 1 fully saturated rings. The van der Waals surface area contributed by atoms with Crippen molar-refractivity contribution >= 4 is 0 Å². The van der Waals surface area contributed by atoms with Gasteiger partial charge in [0.15, 0.2) is 0 Å². The van der Waals surface area contributed by atoms with Gasteiger partial charge in [-0.1, -0.05) is 12.1 Å². The highest BCUT2D eigenvalue weighted by Crippen LogP contribution is 2.19. The summed E-state index contributed by atoms with van der Waals surface area (Å²) in [5.41, 5.74) is 1.15. The van der Waals surface area contributed by atoms with Crippen molar-refractivity contribution in [1.82, 2.24) is 0 Å². The predicted octanol–water partition coefficient (Wildman–Crippen LogP) is 2.95. The van der Waals surface area contributed by atoms with Gasteiger partial charge in [0, 0.05) is 6.61 Å². The van der Waals surface area contributed by atoms with E-state index in [0.29, 0.717) is 12.5 Å². The quantitative estimate of drug-likeness (QED) is 0.858. The van der Waals surface area contributed by atoms with Crippen LogP contribution in [0, 0.1) is 0 Å². The van der Waals surface area contributed by atoms with Crippen molar-refractivity contribution in [2.24, 2.45) is 0 Å². The van der Waals surface area contributed by atoms with E-state index in [0.717, 1.165) is 37.2 Å². The monoisotopic (exact) mass is 264 g/mol. The Balaban J connectivity index is 1.71. The van der Waals surface area contributed by atoms with E-state index in [-0.39, 0.29) is 6.10 Å². The number of ether oxygens (including phenoxy) is 2. The van der Waals surface area contributed by atoms with Crippen LogP contribution < -0.4 is 4.74 Å². The molecule has 1 aromatic rings. The zero-order valence-electron chi connectivity index (χ0n) is 11.7. The summed E-state index contributed by atoms with van der Waals surface area (Å²) >= 11 is 0. The van der Waals surface area contributed by atoms with Crippen molar-refractivity contribution < 1.29 is 14.6 Å². The molecule has 0 spiro atoms. The van der Waals surface area contributed by atoms with Gasteiger partial charge >= 0.3 is 0 Å². The summed E-state index contributed by atoms with van der Waals surface area (Å²) in [5.74, 6) is 0.855. The topological polar surface area (TPSA) is 38.7 Å². The summed E-state index contributed by atoms with van der Waals surface area (Å²) in [4.78, 5) is 0. The van der Waals surface area contributed by atoms with Crippen molar-refractivity contribution in [3.8, 4) is 5.75 Å². The Morgan fingerprint density at radius 3 is 2.74 bits per heavy atom. The Morgan fingerprint density at radius 2 is 2.11 bits per heavy atom. The third-order valence-corrected chi connectivity index (χ3v) is 3.73. The van der Waals surface area contributed by atoms with Gasteiger partial charge in [-0.25, -0.2) is 0 Å². The molecule has 0 bridgehead atoms. The second kappa shape index (κ2) is 7.51. The highest BCUT2D eigenvalue weighted by Gasteiger charge is 2.15. The minimum absolute atomic E-state index is 0.279. The van der Waals surface area contributed by atoms with Gasteiger partial charge in [-0.3, -0.25) is 0 Å². The molecule has 0 aromatic heterocycles. The molecule has 19 heavy (non-hydrogen) atoms. The van der Waals surface area contributed by atoms with Gasteiger partial charge in [-0.2, -0.15) is 0 Å². The van der Waals surface area contributed by atoms with E-state index in [4.69, 9.17) is 9.47 Å². The SMILES string of the molecule is COc1ccc(CC(O)CCC2CCCCO2)cc1. The number of rotatable bonds is 6. The molecular weight excluding hydrogens is 240 g/mol. The van der Waals surface area contributed by atoms with Crippen molar-refractivity contribution in [2.45, 2.75) is 50.7 Å². The van der Waals surface area contributed by atoms with Crippen molar-refractivity contribution in [3.05, 3.63) is 29.8 Å². The molecule has 1 aromatic carbocycles. The maximum Gasteiger partial charge on any atom is 0.118 e. The van der Waals surface area contributed by atoms with E-state index in [1.165, 1.54) is 12.8 Å². The number of aliphatic hydroxyl groups excluding tert-OH is 1. The fourth-order valence-electron chi connectivity index (χ4n) is 2.55. The second-order valence-electron chi connectivity index (χ2n) is 5.27. The van der Waals surface area contributed by atoms with Crippen LogP contribution in [0.5, 0.6) is 5.75 Å². The lowest BCUT2D eigenvalue weighted by Crippen LogP contribution is -2.21. The summed E-state index contributed by atoms with van der Waals surface area (Å²) in [5, 5.41) is 10.1. The molecule has 106 valence electrons. The first-order valence-electron chi connectivity index (χ1n) is 7.20. The molecule has 1 aliphatic rings. The molecule has 0 aliphatic carbocycles. The van der Waals surface area contributed by atoms with E-state index in [1.54, 1.807) is 7.11 Å². The average Bonchev–Trinajstić information content (AvgIpc) is 2.47. The molecule has 1 heterocycles. The van der Waals surface area contributed by atoms with Gasteiger partial charge in [0.1, 0.15) is 5.75 Å². The van der Waals surface area contributed by atoms with Gasteiger partial charge in [-0.05, 0) is 56.2 Å². The van der Waals surface area contributed by atoms with Crippen molar-refractivity contribution in [1.29, 1.82) is 0 Å². The number of hydrogen-bond donors (Lipinski definition) is 1. The van der Waals surface area contributed by atoms with E-state index < -0.39 is 0 Å². The lowest BCUT2D eigenvalue weighted by molar-refractivity contribution is 0.00234. The zero-order valence-corrected chi connectivity index (χ0v) is 11.7. The first-order chi connectivity index (χ1) is 9.28. The first kappa shape index (κ1) is 14.4. The summed E-state index contributed by atoms with van der Waals surface area (Å²) in [7, 11) is 1.66. The molecule has 1 N–H and O–H groups in total. The molecule has 2 atom stereocenters. The van der Waals surface area contributed by atoms with Crippen molar-refractivity contribution in [2.75, 3.05) is 13.7 Å². The van der Waals surface area contributed by atoms with Crippen LogP contribution in [0.3, 0.4) is 0 Å². The number of hydrogen-bond acceptors (Lipinski definition) is 3. The number of methoxy groups -OCH3 is 1. The maximum absolute atomic E-state index is 10.1.